The number of hydrogen-bond acceptors (Lipinski definition) is 2. The number of aliphatic hydroxyl groups is 1. The van der Waals surface area contributed by atoms with Crippen molar-refractivity contribution in [3.63, 3.8) is 0 Å². The molecule has 2 N–H and O–H groups in total. The minimum atomic E-state index is -0.319. The highest BCUT2D eigenvalue weighted by molar-refractivity contribution is 5.78. The van der Waals surface area contributed by atoms with Crippen molar-refractivity contribution in [1.82, 2.24) is 9.88 Å². The van der Waals surface area contributed by atoms with Crippen molar-refractivity contribution in [1.29, 1.82) is 0 Å². The lowest BCUT2D eigenvalue weighted by molar-refractivity contribution is -0.121. The van der Waals surface area contributed by atoms with Gasteiger partial charge < -0.3 is 15.0 Å². The molecule has 4 nitrogen and oxygen atoms in total. The van der Waals surface area contributed by atoms with Crippen molar-refractivity contribution >= 4 is 5.91 Å². The largest absolute Gasteiger partial charge is 0.377 e. The summed E-state index contributed by atoms with van der Waals surface area (Å²) in [4.78, 5) is 11.2. The van der Waals surface area contributed by atoms with Gasteiger partial charge in [-0.1, -0.05) is 12.1 Å². The lowest BCUT2D eigenvalue weighted by Gasteiger charge is -2.05. The van der Waals surface area contributed by atoms with E-state index >= 15 is 0 Å². The molecule has 0 aliphatic heterocycles. The average Bonchev–Trinajstić information content (AvgIpc) is 2.84. The Bertz CT molecular complexity index is 475. The van der Waals surface area contributed by atoms with Crippen LogP contribution in [0.3, 0.4) is 0 Å². The van der Waals surface area contributed by atoms with Gasteiger partial charge in [-0.15, -0.1) is 0 Å². The molecule has 1 amide bonds. The van der Waals surface area contributed by atoms with Crippen LogP contribution in [0.1, 0.15) is 5.56 Å². The molecular formula is C13H14N2O2. The Morgan fingerprint density at radius 1 is 1.18 bits per heavy atom. The zero-order valence-corrected chi connectivity index (χ0v) is 9.34. The van der Waals surface area contributed by atoms with E-state index in [1.165, 1.54) is 0 Å². The summed E-state index contributed by atoms with van der Waals surface area (Å²) in [6, 6.07) is 11.7. The number of carbonyl (C=O) groups is 1. The SMILES string of the molecule is O=C(Cc1ccc(-n2cccc2)cc1)NCO. The summed E-state index contributed by atoms with van der Waals surface area (Å²) in [5.41, 5.74) is 1.98. The molecule has 4 heteroatoms. The number of carbonyl (C=O) groups excluding carboxylic acids is 1. The lowest BCUT2D eigenvalue weighted by Crippen LogP contribution is -2.25. The van der Waals surface area contributed by atoms with E-state index in [4.69, 9.17) is 5.11 Å². The molecule has 0 atom stereocenters. The van der Waals surface area contributed by atoms with Crippen molar-refractivity contribution < 1.29 is 9.90 Å². The molecule has 0 saturated carbocycles. The molecule has 0 unspecified atom stereocenters. The van der Waals surface area contributed by atoms with E-state index in [-0.39, 0.29) is 19.1 Å². The molecule has 2 rings (SSSR count). The van der Waals surface area contributed by atoms with E-state index in [1.54, 1.807) is 0 Å². The number of aromatic nitrogens is 1. The van der Waals surface area contributed by atoms with Gasteiger partial charge in [0, 0.05) is 18.1 Å². The summed E-state index contributed by atoms with van der Waals surface area (Å²) in [6.07, 6.45) is 4.22. The highest BCUT2D eigenvalue weighted by Crippen LogP contribution is 2.10. The van der Waals surface area contributed by atoms with Gasteiger partial charge in [-0.05, 0) is 29.8 Å². The Morgan fingerprint density at radius 2 is 1.82 bits per heavy atom. The van der Waals surface area contributed by atoms with E-state index in [2.05, 4.69) is 5.32 Å². The summed E-state index contributed by atoms with van der Waals surface area (Å²) in [5.74, 6) is -0.179. The van der Waals surface area contributed by atoms with E-state index in [9.17, 15) is 4.79 Å². The van der Waals surface area contributed by atoms with Gasteiger partial charge in [-0.2, -0.15) is 0 Å². The predicted molar refractivity (Wildman–Crippen MR) is 64.7 cm³/mol. The molecule has 0 saturated heterocycles. The molecule has 1 heterocycles. The Hall–Kier alpha value is -2.07. The molecule has 2 aromatic rings. The quantitative estimate of drug-likeness (QED) is 0.772. The van der Waals surface area contributed by atoms with E-state index in [1.807, 2.05) is 53.4 Å². The molecule has 0 aliphatic rings. The maximum atomic E-state index is 11.2. The lowest BCUT2D eigenvalue weighted by atomic mass is 10.1. The predicted octanol–water partition coefficient (Wildman–Crippen LogP) is 1.09. The molecule has 0 bridgehead atoms. The molecule has 0 fully saturated rings. The fourth-order valence-electron chi connectivity index (χ4n) is 1.63. The van der Waals surface area contributed by atoms with Gasteiger partial charge in [0.05, 0.1) is 6.42 Å². The summed E-state index contributed by atoms with van der Waals surface area (Å²) >= 11 is 0. The number of nitrogens with one attached hydrogen (secondary N) is 1. The van der Waals surface area contributed by atoms with Crippen LogP contribution in [0.4, 0.5) is 0 Å². The summed E-state index contributed by atoms with van der Waals surface area (Å²) in [6.45, 7) is -0.319. The molecule has 88 valence electrons. The Kier molecular flexibility index (Phi) is 3.57. The number of rotatable bonds is 4. The van der Waals surface area contributed by atoms with Crippen LogP contribution in [0.15, 0.2) is 48.8 Å². The van der Waals surface area contributed by atoms with Crippen molar-refractivity contribution in [3.05, 3.63) is 54.4 Å². The number of hydrogen-bond donors (Lipinski definition) is 2. The van der Waals surface area contributed by atoms with Crippen LogP contribution in [0.5, 0.6) is 0 Å². The number of nitrogens with zero attached hydrogens (tertiary/aromatic N) is 1. The van der Waals surface area contributed by atoms with E-state index < -0.39 is 0 Å². The third-order valence-corrected chi connectivity index (χ3v) is 2.48. The fourth-order valence-corrected chi connectivity index (χ4v) is 1.63. The van der Waals surface area contributed by atoms with Crippen LogP contribution < -0.4 is 5.32 Å². The van der Waals surface area contributed by atoms with Crippen molar-refractivity contribution in [2.45, 2.75) is 6.42 Å². The number of benzene rings is 1. The topological polar surface area (TPSA) is 54.3 Å². The van der Waals surface area contributed by atoms with Crippen LogP contribution in [-0.4, -0.2) is 22.3 Å². The summed E-state index contributed by atoms with van der Waals surface area (Å²) in [7, 11) is 0. The maximum absolute atomic E-state index is 11.2. The number of aliphatic hydroxyl groups excluding tert-OH is 1. The third-order valence-electron chi connectivity index (χ3n) is 2.48. The molecule has 0 spiro atoms. The molecule has 0 aliphatic carbocycles. The molecule has 1 aromatic carbocycles. The standard InChI is InChI=1S/C13H14N2O2/c16-10-14-13(17)9-11-3-5-12(6-4-11)15-7-1-2-8-15/h1-8,16H,9-10H2,(H,14,17). The molecule has 0 radical (unpaired) electrons. The van der Waals surface area contributed by atoms with Gasteiger partial charge >= 0.3 is 0 Å². The average molecular weight is 230 g/mol. The van der Waals surface area contributed by atoms with Gasteiger partial charge in [0.15, 0.2) is 0 Å². The maximum Gasteiger partial charge on any atom is 0.226 e. The first kappa shape index (κ1) is 11.4. The smallest absolute Gasteiger partial charge is 0.226 e. The zero-order valence-electron chi connectivity index (χ0n) is 9.34. The second-order valence-electron chi connectivity index (χ2n) is 3.69. The molecule has 17 heavy (non-hydrogen) atoms. The van der Waals surface area contributed by atoms with Crippen LogP contribution in [-0.2, 0) is 11.2 Å². The Labute approximate surface area is 99.5 Å². The Balaban J connectivity index is 2.06. The van der Waals surface area contributed by atoms with Crippen molar-refractivity contribution in [2.24, 2.45) is 0 Å². The summed E-state index contributed by atoms with van der Waals surface area (Å²) < 4.78 is 2.00. The van der Waals surface area contributed by atoms with Crippen molar-refractivity contribution in [2.75, 3.05) is 6.73 Å². The monoisotopic (exact) mass is 230 g/mol. The van der Waals surface area contributed by atoms with Gasteiger partial charge in [-0.25, -0.2) is 0 Å². The molecular weight excluding hydrogens is 216 g/mol. The van der Waals surface area contributed by atoms with Crippen molar-refractivity contribution in [3.8, 4) is 5.69 Å². The highest BCUT2D eigenvalue weighted by Gasteiger charge is 2.02. The second kappa shape index (κ2) is 5.32. The zero-order chi connectivity index (χ0) is 12.1. The first-order valence-corrected chi connectivity index (χ1v) is 5.39. The van der Waals surface area contributed by atoms with Gasteiger partial charge in [-0.3, -0.25) is 4.79 Å². The first-order chi connectivity index (χ1) is 8.29. The number of amides is 1. The third kappa shape index (κ3) is 2.95. The minimum Gasteiger partial charge on any atom is -0.377 e. The normalized spacial score (nSPS) is 10.2. The van der Waals surface area contributed by atoms with E-state index in [0.717, 1.165) is 11.3 Å². The second-order valence-corrected chi connectivity index (χ2v) is 3.69. The van der Waals surface area contributed by atoms with Gasteiger partial charge in [0.2, 0.25) is 5.91 Å². The van der Waals surface area contributed by atoms with Crippen LogP contribution in [0.2, 0.25) is 0 Å². The molecule has 1 aromatic heterocycles. The van der Waals surface area contributed by atoms with Crippen LogP contribution in [0, 0.1) is 0 Å². The highest BCUT2D eigenvalue weighted by atomic mass is 16.3. The van der Waals surface area contributed by atoms with E-state index in [0.29, 0.717) is 0 Å². The van der Waals surface area contributed by atoms with Crippen LogP contribution >= 0.6 is 0 Å². The van der Waals surface area contributed by atoms with Gasteiger partial charge in [0.25, 0.3) is 0 Å². The minimum absolute atomic E-state index is 0.179. The van der Waals surface area contributed by atoms with Crippen LogP contribution in [0.25, 0.3) is 5.69 Å². The Morgan fingerprint density at radius 3 is 2.41 bits per heavy atom. The van der Waals surface area contributed by atoms with Gasteiger partial charge in [0.1, 0.15) is 6.73 Å². The fraction of sp³-hybridized carbons (Fsp3) is 0.154. The summed E-state index contributed by atoms with van der Waals surface area (Å²) in [5, 5.41) is 10.9. The first-order valence-electron chi connectivity index (χ1n) is 5.39.